The zero-order valence-electron chi connectivity index (χ0n) is 19.6. The maximum atomic E-state index is 10.3. The molecule has 0 aliphatic carbocycles. The Labute approximate surface area is 207 Å². The van der Waals surface area contributed by atoms with Crippen LogP contribution in [0.3, 0.4) is 0 Å². The summed E-state index contributed by atoms with van der Waals surface area (Å²) in [6.45, 7) is 4.14. The summed E-state index contributed by atoms with van der Waals surface area (Å²) in [6.07, 6.45) is 22.7. The molecule has 0 saturated heterocycles. The molecule has 0 saturated carbocycles. The summed E-state index contributed by atoms with van der Waals surface area (Å²) in [6, 6.07) is 0. The summed E-state index contributed by atoms with van der Waals surface area (Å²) in [7, 11) is -4.45. The molecule has 0 bridgehead atoms. The smallest absolute Gasteiger partial charge is 0.726 e. The number of hydrogen-bond acceptors (Lipinski definition) is 5. The molecule has 0 radical (unpaired) electrons. The van der Waals surface area contributed by atoms with E-state index in [2.05, 4.69) is 23.3 Å². The molecule has 0 amide bonds. The topological polar surface area (TPSA) is 104 Å². The van der Waals surface area contributed by atoms with Crippen LogP contribution in [0.4, 0.5) is 0 Å². The minimum atomic E-state index is -4.45. The van der Waals surface area contributed by atoms with Gasteiger partial charge >= 0.3 is 35.5 Å². The van der Waals surface area contributed by atoms with E-state index < -0.39 is 16.4 Å². The molecule has 6 nitrogen and oxygen atoms in total. The molecular weight excluding hydrogens is 415 g/mol. The molecule has 174 valence electrons. The van der Waals surface area contributed by atoms with E-state index in [1.54, 1.807) is 0 Å². The number of carboxylic acid groups (broad SMARTS) is 1. The molecule has 0 aliphatic heterocycles. The first-order valence-electron chi connectivity index (χ1n) is 11.3. The molecule has 8 heteroatoms. The molecule has 0 aliphatic rings. The zero-order chi connectivity index (χ0) is 22.2. The Hall–Kier alpha value is 0.0800. The summed E-state index contributed by atoms with van der Waals surface area (Å²) in [5.41, 5.74) is 0. The first-order chi connectivity index (χ1) is 13.8. The number of hydrogen-bond donors (Lipinski definition) is 1. The Morgan fingerprint density at radius 2 is 1.23 bits per heavy atom. The van der Waals surface area contributed by atoms with Crippen molar-refractivity contribution in [3.05, 3.63) is 12.2 Å². The standard InChI is InChI=1S/C18H34O2.C4H10O4S.Na/c1-2-3-4-5-6-7-8-9-10-11-12-13-14-15-16-17-18(19)20;1-2-3-4-8-9(5,6)7;/h9-10H,2-8,11-17H2,1H3,(H,19,20);2-4H2,1H3,(H,5,6,7);/q;;+1/p-1/b10-9-;;. The quantitative estimate of drug-likeness (QED) is 0.105. The van der Waals surface area contributed by atoms with Gasteiger partial charge in [-0.2, -0.15) is 0 Å². The van der Waals surface area contributed by atoms with E-state index in [1.165, 1.54) is 70.6 Å². The van der Waals surface area contributed by atoms with Crippen LogP contribution in [0, 0.1) is 0 Å². The SMILES string of the molecule is CCCCCCCC/C=C\CCCCCCCC(=O)O.CCCCOS(=O)(=O)[O-].[Na+]. The van der Waals surface area contributed by atoms with Gasteiger partial charge in [0.15, 0.2) is 0 Å². The predicted octanol–water partition coefficient (Wildman–Crippen LogP) is 3.38. The van der Waals surface area contributed by atoms with E-state index in [9.17, 15) is 17.8 Å². The third-order valence-electron chi connectivity index (χ3n) is 4.38. The van der Waals surface area contributed by atoms with Gasteiger partial charge in [-0.05, 0) is 38.5 Å². The fourth-order valence-corrected chi connectivity index (χ4v) is 2.97. The zero-order valence-corrected chi connectivity index (χ0v) is 22.4. The fourth-order valence-electron chi connectivity index (χ4n) is 2.65. The van der Waals surface area contributed by atoms with Crippen molar-refractivity contribution in [1.29, 1.82) is 0 Å². The summed E-state index contributed by atoms with van der Waals surface area (Å²) in [5.74, 6) is -0.664. The second kappa shape index (κ2) is 27.1. The van der Waals surface area contributed by atoms with Crippen LogP contribution in [0.15, 0.2) is 12.2 Å². The first-order valence-corrected chi connectivity index (χ1v) is 12.6. The molecule has 0 aromatic heterocycles. The molecule has 0 fully saturated rings. The number of allylic oxidation sites excluding steroid dienone is 2. The minimum Gasteiger partial charge on any atom is -0.726 e. The van der Waals surface area contributed by atoms with Crippen LogP contribution in [0.5, 0.6) is 0 Å². The van der Waals surface area contributed by atoms with Crippen molar-refractivity contribution in [2.75, 3.05) is 6.61 Å². The molecule has 0 heterocycles. The van der Waals surface area contributed by atoms with Crippen molar-refractivity contribution in [3.8, 4) is 0 Å². The predicted molar refractivity (Wildman–Crippen MR) is 118 cm³/mol. The minimum absolute atomic E-state index is 0. The molecule has 0 rings (SSSR count). The van der Waals surface area contributed by atoms with E-state index in [1.807, 2.05) is 6.92 Å². The van der Waals surface area contributed by atoms with Gasteiger partial charge in [0, 0.05) is 6.42 Å². The van der Waals surface area contributed by atoms with Crippen LogP contribution in [-0.4, -0.2) is 30.7 Å². The Morgan fingerprint density at radius 3 is 1.67 bits per heavy atom. The second-order valence-electron chi connectivity index (χ2n) is 7.31. The van der Waals surface area contributed by atoms with Gasteiger partial charge in [0.2, 0.25) is 10.4 Å². The van der Waals surface area contributed by atoms with Crippen LogP contribution in [-0.2, 0) is 19.4 Å². The van der Waals surface area contributed by atoms with Crippen molar-refractivity contribution < 1.29 is 56.6 Å². The molecule has 0 spiro atoms. The van der Waals surface area contributed by atoms with Gasteiger partial charge in [-0.15, -0.1) is 0 Å². The van der Waals surface area contributed by atoms with Gasteiger partial charge in [-0.1, -0.05) is 83.8 Å². The fraction of sp³-hybridized carbons (Fsp3) is 0.864. The average molecular weight is 459 g/mol. The maximum Gasteiger partial charge on any atom is 1.00 e. The number of rotatable bonds is 19. The van der Waals surface area contributed by atoms with Crippen LogP contribution in [0.25, 0.3) is 0 Å². The van der Waals surface area contributed by atoms with E-state index in [-0.39, 0.29) is 36.2 Å². The molecule has 0 unspecified atom stereocenters. The molecule has 0 aromatic carbocycles. The van der Waals surface area contributed by atoms with Gasteiger partial charge < -0.3 is 9.66 Å². The van der Waals surface area contributed by atoms with Gasteiger partial charge in [0.25, 0.3) is 0 Å². The van der Waals surface area contributed by atoms with Crippen molar-refractivity contribution in [3.63, 3.8) is 0 Å². The Bertz CT molecular complexity index is 480. The summed E-state index contributed by atoms with van der Waals surface area (Å²) >= 11 is 0. The Balaban J connectivity index is -0.000000616. The molecule has 0 atom stereocenters. The van der Waals surface area contributed by atoms with Gasteiger partial charge in [-0.3, -0.25) is 8.98 Å². The number of unbranched alkanes of at least 4 members (excludes halogenated alkanes) is 12. The summed E-state index contributed by atoms with van der Waals surface area (Å²) in [5, 5.41) is 8.51. The van der Waals surface area contributed by atoms with E-state index in [0.29, 0.717) is 12.8 Å². The number of carbonyl (C=O) groups is 1. The van der Waals surface area contributed by atoms with Crippen LogP contribution >= 0.6 is 0 Å². The normalized spacial score (nSPS) is 11.0. The first kappa shape index (κ1) is 34.7. The number of aliphatic carboxylic acids is 1. The number of carboxylic acids is 1. The van der Waals surface area contributed by atoms with Gasteiger partial charge in [-0.25, -0.2) is 8.42 Å². The third kappa shape index (κ3) is 38.7. The van der Waals surface area contributed by atoms with Crippen molar-refractivity contribution >= 4 is 16.4 Å². The largest absolute Gasteiger partial charge is 1.00 e. The van der Waals surface area contributed by atoms with Crippen molar-refractivity contribution in [2.24, 2.45) is 0 Å². The van der Waals surface area contributed by atoms with E-state index >= 15 is 0 Å². The van der Waals surface area contributed by atoms with E-state index in [4.69, 9.17) is 5.11 Å². The summed E-state index contributed by atoms with van der Waals surface area (Å²) in [4.78, 5) is 10.3. The Morgan fingerprint density at radius 1 is 0.800 bits per heavy atom. The second-order valence-corrected chi connectivity index (χ2v) is 8.36. The van der Waals surface area contributed by atoms with Gasteiger partial charge in [0.05, 0.1) is 6.61 Å². The van der Waals surface area contributed by atoms with Crippen LogP contribution in [0.2, 0.25) is 0 Å². The van der Waals surface area contributed by atoms with Crippen LogP contribution in [0.1, 0.15) is 117 Å². The van der Waals surface area contributed by atoms with Crippen LogP contribution < -0.4 is 29.6 Å². The van der Waals surface area contributed by atoms with Gasteiger partial charge in [0.1, 0.15) is 0 Å². The van der Waals surface area contributed by atoms with E-state index in [0.717, 1.165) is 19.3 Å². The molecular formula is C22H43NaO6S. The molecule has 1 N–H and O–H groups in total. The van der Waals surface area contributed by atoms with Crippen molar-refractivity contribution in [1.82, 2.24) is 0 Å². The average Bonchev–Trinajstić information content (AvgIpc) is 2.64. The third-order valence-corrected chi connectivity index (χ3v) is 4.83. The molecule has 0 aromatic rings. The Kier molecular flexibility index (Phi) is 31.4. The summed E-state index contributed by atoms with van der Waals surface area (Å²) < 4.78 is 33.1. The maximum absolute atomic E-state index is 10.3. The van der Waals surface area contributed by atoms with Crippen molar-refractivity contribution in [2.45, 2.75) is 117 Å². The molecule has 30 heavy (non-hydrogen) atoms. The monoisotopic (exact) mass is 458 g/mol.